The summed E-state index contributed by atoms with van der Waals surface area (Å²) in [6.45, 7) is 1.47. The van der Waals surface area contributed by atoms with Crippen LogP contribution in [0.25, 0.3) is 11.5 Å². The van der Waals surface area contributed by atoms with E-state index in [1.54, 1.807) is 0 Å². The maximum Gasteiger partial charge on any atom is 0.352 e. The number of hydrogen-bond donors (Lipinski definition) is 0. The highest BCUT2D eigenvalue weighted by Crippen LogP contribution is 2.04. The molecule has 0 aromatic rings. The van der Waals surface area contributed by atoms with Crippen LogP contribution in [-0.2, 0) is 14.1 Å². The molecule has 0 aromatic heterocycles. The van der Waals surface area contributed by atoms with Crippen LogP contribution >= 0.6 is 0 Å². The Hall–Kier alpha value is -2.25. The summed E-state index contributed by atoms with van der Waals surface area (Å²) < 4.78 is 2.40. The van der Waals surface area contributed by atoms with Gasteiger partial charge in [-0.25, -0.2) is 9.52 Å². The summed E-state index contributed by atoms with van der Waals surface area (Å²) in [5.74, 6) is 0.0984. The second-order valence-electron chi connectivity index (χ2n) is 3.40. The van der Waals surface area contributed by atoms with Crippen molar-refractivity contribution < 1.29 is 4.73 Å². The van der Waals surface area contributed by atoms with Crippen LogP contribution < -0.4 is 16.0 Å². The van der Waals surface area contributed by atoms with Gasteiger partial charge in [0, 0.05) is 14.0 Å². The van der Waals surface area contributed by atoms with Crippen molar-refractivity contribution in [3.63, 3.8) is 0 Å². The zero-order valence-electron chi connectivity index (χ0n) is 8.96. The minimum Gasteiger partial charge on any atom is -0.710 e. The SMILES string of the molecule is Cc1nn(C)c2nc(=O)n(C)c(=O)c-2[n+]1[O-]. The lowest BCUT2D eigenvalue weighted by atomic mass is 10.4. The molecule has 16 heavy (non-hydrogen) atoms. The largest absolute Gasteiger partial charge is 0.710 e. The summed E-state index contributed by atoms with van der Waals surface area (Å²) in [5.41, 5.74) is -1.57. The second-order valence-corrected chi connectivity index (χ2v) is 3.40. The average Bonchev–Trinajstić information content (AvgIpc) is 2.22. The molecule has 2 aliphatic heterocycles. The number of aromatic nitrogens is 5. The third-order valence-corrected chi connectivity index (χ3v) is 2.31. The molecule has 0 fully saturated rings. The van der Waals surface area contributed by atoms with E-state index in [0.29, 0.717) is 4.73 Å². The van der Waals surface area contributed by atoms with Gasteiger partial charge in [0.15, 0.2) is 0 Å². The third-order valence-electron chi connectivity index (χ3n) is 2.31. The number of fused-ring (bicyclic) bond motifs is 1. The van der Waals surface area contributed by atoms with E-state index in [-0.39, 0.29) is 17.3 Å². The van der Waals surface area contributed by atoms with Crippen LogP contribution in [0.15, 0.2) is 9.59 Å². The predicted octanol–water partition coefficient (Wildman–Crippen LogP) is -2.08. The standard InChI is InChI=1S/C8H9N5O3/c1-4-10-12(3)6-5(13(4)16)7(14)11(2)8(15)9-6/h1-3H3. The van der Waals surface area contributed by atoms with E-state index >= 15 is 0 Å². The van der Waals surface area contributed by atoms with Crippen molar-refractivity contribution in [2.24, 2.45) is 14.1 Å². The molecule has 0 aliphatic carbocycles. The van der Waals surface area contributed by atoms with Gasteiger partial charge in [0.05, 0.1) is 12.1 Å². The van der Waals surface area contributed by atoms with Gasteiger partial charge >= 0.3 is 17.1 Å². The van der Waals surface area contributed by atoms with Crippen molar-refractivity contribution in [2.75, 3.05) is 0 Å². The molecule has 0 saturated heterocycles. The Morgan fingerprint density at radius 1 is 1.31 bits per heavy atom. The minimum atomic E-state index is -0.709. The van der Waals surface area contributed by atoms with Gasteiger partial charge in [-0.15, -0.1) is 0 Å². The monoisotopic (exact) mass is 223 g/mol. The highest BCUT2D eigenvalue weighted by molar-refractivity contribution is 5.43. The molecular weight excluding hydrogens is 214 g/mol. The van der Waals surface area contributed by atoms with E-state index < -0.39 is 11.2 Å². The van der Waals surface area contributed by atoms with Crippen LogP contribution in [0.3, 0.4) is 0 Å². The molecule has 0 atom stereocenters. The van der Waals surface area contributed by atoms with Gasteiger partial charge in [-0.3, -0.25) is 9.36 Å². The highest BCUT2D eigenvalue weighted by atomic mass is 16.5. The highest BCUT2D eigenvalue weighted by Gasteiger charge is 2.24. The first-order chi connectivity index (χ1) is 7.43. The summed E-state index contributed by atoms with van der Waals surface area (Å²) in [7, 11) is 2.79. The summed E-state index contributed by atoms with van der Waals surface area (Å²) in [4.78, 5) is 26.7. The van der Waals surface area contributed by atoms with Gasteiger partial charge in [0.1, 0.15) is 0 Å². The van der Waals surface area contributed by atoms with Crippen LogP contribution in [0, 0.1) is 12.1 Å². The molecule has 0 aromatic carbocycles. The zero-order valence-corrected chi connectivity index (χ0v) is 8.96. The molecule has 2 heterocycles. The Labute approximate surface area is 89.3 Å². The molecule has 84 valence electrons. The Morgan fingerprint density at radius 3 is 2.56 bits per heavy atom. The molecule has 8 heteroatoms. The third kappa shape index (κ3) is 1.19. The topological polar surface area (TPSA) is 96.7 Å². The molecular formula is C8H9N5O3. The molecule has 0 spiro atoms. The van der Waals surface area contributed by atoms with E-state index in [2.05, 4.69) is 10.1 Å². The quantitative estimate of drug-likeness (QED) is 0.377. The van der Waals surface area contributed by atoms with Crippen LogP contribution in [0.5, 0.6) is 0 Å². The van der Waals surface area contributed by atoms with Gasteiger partial charge in [0.2, 0.25) is 11.5 Å². The predicted molar refractivity (Wildman–Crippen MR) is 52.8 cm³/mol. The van der Waals surface area contributed by atoms with Gasteiger partial charge in [-0.2, -0.15) is 9.67 Å². The summed E-state index contributed by atoms with van der Waals surface area (Å²) >= 11 is 0. The lowest BCUT2D eigenvalue weighted by Gasteiger charge is -2.12. The van der Waals surface area contributed by atoms with Crippen LogP contribution in [0.4, 0.5) is 0 Å². The number of hydrogen-bond acceptors (Lipinski definition) is 5. The van der Waals surface area contributed by atoms with E-state index in [0.717, 1.165) is 4.57 Å². The van der Waals surface area contributed by atoms with E-state index in [4.69, 9.17) is 0 Å². The number of nitrogens with zero attached hydrogens (tertiary/aromatic N) is 5. The van der Waals surface area contributed by atoms with Crippen LogP contribution in [0.1, 0.15) is 5.82 Å². The Balaban J connectivity index is 3.13. The first kappa shape index (κ1) is 10.3. The lowest BCUT2D eigenvalue weighted by molar-refractivity contribution is -0.607. The Kier molecular flexibility index (Phi) is 2.00. The summed E-state index contributed by atoms with van der Waals surface area (Å²) in [6, 6.07) is 0. The fourth-order valence-corrected chi connectivity index (χ4v) is 1.43. The summed E-state index contributed by atoms with van der Waals surface area (Å²) in [6.07, 6.45) is 0. The second kappa shape index (κ2) is 3.12. The fraction of sp³-hybridized carbons (Fsp3) is 0.375. The van der Waals surface area contributed by atoms with Crippen LogP contribution in [-0.4, -0.2) is 19.3 Å². The van der Waals surface area contributed by atoms with Gasteiger partial charge in [-0.1, -0.05) is 0 Å². The van der Waals surface area contributed by atoms with Crippen molar-refractivity contribution >= 4 is 0 Å². The average molecular weight is 223 g/mol. The molecule has 2 aliphatic rings. The molecule has 0 bridgehead atoms. The number of aryl methyl sites for hydroxylation is 2. The van der Waals surface area contributed by atoms with Crippen molar-refractivity contribution in [2.45, 2.75) is 6.92 Å². The summed E-state index contributed by atoms with van der Waals surface area (Å²) in [5, 5.41) is 15.5. The first-order valence-corrected chi connectivity index (χ1v) is 4.47. The van der Waals surface area contributed by atoms with E-state index in [9.17, 15) is 14.8 Å². The first-order valence-electron chi connectivity index (χ1n) is 4.47. The van der Waals surface area contributed by atoms with Gasteiger partial charge < -0.3 is 5.21 Å². The molecule has 0 N–H and O–H groups in total. The van der Waals surface area contributed by atoms with Crippen molar-refractivity contribution in [3.8, 4) is 11.5 Å². The Morgan fingerprint density at radius 2 is 1.94 bits per heavy atom. The normalized spacial score (nSPS) is 10.9. The van der Waals surface area contributed by atoms with Crippen LogP contribution in [0.2, 0.25) is 0 Å². The minimum absolute atomic E-state index is 0.0197. The molecule has 0 saturated carbocycles. The molecule has 0 unspecified atom stereocenters. The zero-order chi connectivity index (χ0) is 12.0. The van der Waals surface area contributed by atoms with Crippen molar-refractivity contribution in [3.05, 3.63) is 31.9 Å². The maximum atomic E-state index is 11.7. The van der Waals surface area contributed by atoms with Gasteiger partial charge in [0.25, 0.3) is 0 Å². The van der Waals surface area contributed by atoms with E-state index in [1.165, 1.54) is 25.7 Å². The smallest absolute Gasteiger partial charge is 0.352 e. The lowest BCUT2D eigenvalue weighted by Crippen LogP contribution is -2.47. The van der Waals surface area contributed by atoms with Crippen molar-refractivity contribution in [1.29, 1.82) is 0 Å². The number of rotatable bonds is 0. The van der Waals surface area contributed by atoms with Crippen molar-refractivity contribution in [1.82, 2.24) is 19.3 Å². The fourth-order valence-electron chi connectivity index (χ4n) is 1.43. The Bertz CT molecular complexity index is 656. The molecule has 2 rings (SSSR count). The van der Waals surface area contributed by atoms with E-state index in [1.807, 2.05) is 0 Å². The molecule has 0 amide bonds. The van der Waals surface area contributed by atoms with Gasteiger partial charge in [-0.05, 0) is 0 Å². The molecule has 0 radical (unpaired) electrons. The maximum absolute atomic E-state index is 11.7. The molecule has 8 nitrogen and oxygen atoms in total.